The topological polar surface area (TPSA) is 66.0 Å². The minimum atomic E-state index is -0.267. The number of hydrogen-bond acceptors (Lipinski definition) is 4. The van der Waals surface area contributed by atoms with Crippen LogP contribution in [0.1, 0.15) is 0 Å². The van der Waals surface area contributed by atoms with Gasteiger partial charge in [-0.25, -0.2) is 9.89 Å². The molecule has 1 aromatic rings. The van der Waals surface area contributed by atoms with Crippen LogP contribution in [0.3, 0.4) is 0 Å². The first-order chi connectivity index (χ1) is 5.16. The Bertz CT molecular complexity index is 285. The second-order valence-electron chi connectivity index (χ2n) is 2.28. The van der Waals surface area contributed by atoms with Crippen molar-refractivity contribution in [2.24, 2.45) is 0 Å². The lowest BCUT2D eigenvalue weighted by Gasteiger charge is -2.10. The minimum Gasteiger partial charge on any atom is -0.346 e. The Kier molecular flexibility index (Phi) is 1.84. The van der Waals surface area contributed by atoms with E-state index in [1.807, 2.05) is 14.1 Å². The molecule has 0 saturated carbocycles. The Balaban J connectivity index is 3.16. The number of anilines is 1. The third-order valence-electron chi connectivity index (χ3n) is 1.28. The van der Waals surface area contributed by atoms with Crippen molar-refractivity contribution in [3.8, 4) is 0 Å². The molecule has 11 heavy (non-hydrogen) atoms. The molecule has 1 aromatic heterocycles. The highest BCUT2D eigenvalue weighted by Crippen LogP contribution is 1.97. The van der Waals surface area contributed by atoms with Crippen molar-refractivity contribution in [2.45, 2.75) is 0 Å². The molecule has 0 aliphatic rings. The number of aromatic nitrogens is 3. The summed E-state index contributed by atoms with van der Waals surface area (Å²) < 4.78 is 1.32. The van der Waals surface area contributed by atoms with Gasteiger partial charge in [0.15, 0.2) is 0 Å². The molecule has 0 fully saturated rings. The number of nitrogens with zero attached hydrogens (tertiary/aromatic N) is 3. The first kappa shape index (κ1) is 7.64. The van der Waals surface area contributed by atoms with E-state index >= 15 is 0 Å². The summed E-state index contributed by atoms with van der Waals surface area (Å²) in [5.41, 5.74) is 2.43. The maximum atomic E-state index is 10.9. The van der Waals surface area contributed by atoms with Gasteiger partial charge in [-0.05, 0) is 0 Å². The molecule has 1 heterocycles. The molecule has 6 nitrogen and oxygen atoms in total. The van der Waals surface area contributed by atoms with E-state index in [2.05, 4.69) is 15.6 Å². The van der Waals surface area contributed by atoms with E-state index in [-0.39, 0.29) is 5.69 Å². The average Bonchev–Trinajstić information content (AvgIpc) is 2.30. The average molecular weight is 157 g/mol. The molecule has 6 heteroatoms. The molecule has 0 aromatic carbocycles. The Morgan fingerprint density at radius 3 is 2.64 bits per heavy atom. The van der Waals surface area contributed by atoms with Crippen molar-refractivity contribution in [1.82, 2.24) is 14.9 Å². The van der Waals surface area contributed by atoms with Gasteiger partial charge in [-0.2, -0.15) is 4.68 Å². The Labute approximate surface area is 63.8 Å². The zero-order chi connectivity index (χ0) is 8.43. The molecule has 0 bridgehead atoms. The summed E-state index contributed by atoms with van der Waals surface area (Å²) in [4.78, 5) is 12.7. The van der Waals surface area contributed by atoms with E-state index in [4.69, 9.17) is 0 Å². The highest BCUT2D eigenvalue weighted by atomic mass is 16.2. The Morgan fingerprint density at radius 2 is 2.27 bits per heavy atom. The molecule has 0 amide bonds. The van der Waals surface area contributed by atoms with Gasteiger partial charge in [-0.1, -0.05) is 0 Å². The first-order valence-corrected chi connectivity index (χ1v) is 3.19. The fraction of sp³-hybridized carbons (Fsp3) is 0.600. The van der Waals surface area contributed by atoms with Gasteiger partial charge < -0.3 is 10.3 Å². The van der Waals surface area contributed by atoms with Crippen molar-refractivity contribution in [2.75, 3.05) is 31.5 Å². The van der Waals surface area contributed by atoms with Crippen LogP contribution in [0.5, 0.6) is 0 Å². The maximum Gasteiger partial charge on any atom is 0.363 e. The van der Waals surface area contributed by atoms with Crippen molar-refractivity contribution in [1.29, 1.82) is 0 Å². The number of aromatic amines is 1. The predicted molar refractivity (Wildman–Crippen MR) is 42.5 cm³/mol. The maximum absolute atomic E-state index is 10.9. The number of rotatable bonds is 2. The molecule has 0 unspecified atom stereocenters. The fourth-order valence-electron chi connectivity index (χ4n) is 0.790. The summed E-state index contributed by atoms with van der Waals surface area (Å²) in [5.74, 6) is 0.553. The van der Waals surface area contributed by atoms with Crippen LogP contribution >= 0.6 is 0 Å². The SMILES string of the molecule is CNn1c(N(C)C)n[nH]c1=O. The van der Waals surface area contributed by atoms with Gasteiger partial charge in [0, 0.05) is 21.1 Å². The molecule has 2 N–H and O–H groups in total. The van der Waals surface area contributed by atoms with Crippen molar-refractivity contribution in [3.63, 3.8) is 0 Å². The summed E-state index contributed by atoms with van der Waals surface area (Å²) in [7, 11) is 5.27. The van der Waals surface area contributed by atoms with Crippen LogP contribution in [0.15, 0.2) is 4.79 Å². The monoisotopic (exact) mass is 157 g/mol. The highest BCUT2D eigenvalue weighted by Gasteiger charge is 2.06. The lowest BCUT2D eigenvalue weighted by molar-refractivity contribution is 0.847. The third kappa shape index (κ3) is 1.19. The summed E-state index contributed by atoms with van der Waals surface area (Å²) in [5, 5.41) is 6.10. The normalized spacial score (nSPS) is 9.73. The molecule has 0 aliphatic heterocycles. The van der Waals surface area contributed by atoms with Gasteiger partial charge in [0.1, 0.15) is 0 Å². The quantitative estimate of drug-likeness (QED) is 0.566. The zero-order valence-electron chi connectivity index (χ0n) is 6.75. The number of H-pyrrole nitrogens is 1. The molecule has 0 radical (unpaired) electrons. The van der Waals surface area contributed by atoms with Crippen LogP contribution in [0.25, 0.3) is 0 Å². The van der Waals surface area contributed by atoms with Crippen LogP contribution in [0, 0.1) is 0 Å². The molecular weight excluding hydrogens is 146 g/mol. The largest absolute Gasteiger partial charge is 0.363 e. The highest BCUT2D eigenvalue weighted by molar-refractivity contribution is 5.26. The molecule has 62 valence electrons. The van der Waals surface area contributed by atoms with Gasteiger partial charge in [0.05, 0.1) is 0 Å². The van der Waals surface area contributed by atoms with Crippen LogP contribution in [0.2, 0.25) is 0 Å². The van der Waals surface area contributed by atoms with Crippen molar-refractivity contribution < 1.29 is 0 Å². The Morgan fingerprint density at radius 1 is 1.64 bits per heavy atom. The zero-order valence-corrected chi connectivity index (χ0v) is 6.75. The van der Waals surface area contributed by atoms with Gasteiger partial charge in [-0.15, -0.1) is 5.10 Å². The van der Waals surface area contributed by atoms with E-state index in [0.717, 1.165) is 0 Å². The molecule has 0 spiro atoms. The molecular formula is C5H11N5O. The number of nitrogens with one attached hydrogen (secondary N) is 2. The van der Waals surface area contributed by atoms with Gasteiger partial charge in [-0.3, -0.25) is 0 Å². The lowest BCUT2D eigenvalue weighted by atomic mass is 10.8. The summed E-state index contributed by atoms with van der Waals surface area (Å²) in [6.07, 6.45) is 0. The van der Waals surface area contributed by atoms with E-state index in [1.165, 1.54) is 4.68 Å². The predicted octanol–water partition coefficient (Wildman–Crippen LogP) is -1.19. The van der Waals surface area contributed by atoms with E-state index in [9.17, 15) is 4.79 Å². The van der Waals surface area contributed by atoms with Crippen molar-refractivity contribution >= 4 is 5.95 Å². The van der Waals surface area contributed by atoms with E-state index in [0.29, 0.717) is 5.95 Å². The van der Waals surface area contributed by atoms with Gasteiger partial charge >= 0.3 is 5.69 Å². The van der Waals surface area contributed by atoms with Crippen molar-refractivity contribution in [3.05, 3.63) is 10.5 Å². The third-order valence-corrected chi connectivity index (χ3v) is 1.28. The molecule has 0 aliphatic carbocycles. The fourth-order valence-corrected chi connectivity index (χ4v) is 0.790. The van der Waals surface area contributed by atoms with Gasteiger partial charge in [0.2, 0.25) is 5.95 Å². The number of hydrogen-bond donors (Lipinski definition) is 2. The smallest absolute Gasteiger partial charge is 0.346 e. The summed E-state index contributed by atoms with van der Waals surface area (Å²) in [6.45, 7) is 0. The summed E-state index contributed by atoms with van der Waals surface area (Å²) >= 11 is 0. The molecule has 1 rings (SSSR count). The second kappa shape index (κ2) is 2.65. The van der Waals surface area contributed by atoms with Crippen LogP contribution in [-0.2, 0) is 0 Å². The van der Waals surface area contributed by atoms with Crippen LogP contribution < -0.4 is 16.0 Å². The lowest BCUT2D eigenvalue weighted by Crippen LogP contribution is -2.27. The van der Waals surface area contributed by atoms with Gasteiger partial charge in [0.25, 0.3) is 0 Å². The van der Waals surface area contributed by atoms with E-state index < -0.39 is 0 Å². The molecule has 0 atom stereocenters. The summed E-state index contributed by atoms with van der Waals surface area (Å²) in [6, 6.07) is 0. The second-order valence-corrected chi connectivity index (χ2v) is 2.28. The molecule has 0 saturated heterocycles. The van der Waals surface area contributed by atoms with E-state index in [1.54, 1.807) is 11.9 Å². The standard InChI is InChI=1S/C5H11N5O/c1-6-10-4(9(2)3)7-8-5(10)11/h6H,1-3H3,(H,8,11). The Hall–Kier alpha value is -1.46. The van der Waals surface area contributed by atoms with Crippen LogP contribution in [0.4, 0.5) is 5.95 Å². The first-order valence-electron chi connectivity index (χ1n) is 3.19. The van der Waals surface area contributed by atoms with Crippen LogP contribution in [-0.4, -0.2) is 36.0 Å². The minimum absolute atomic E-state index is 0.267.